The topological polar surface area (TPSA) is 161 Å². The molecular weight excluding hydrogens is 470 g/mol. The van der Waals surface area contributed by atoms with Gasteiger partial charge in [-0.15, -0.1) is 0 Å². The van der Waals surface area contributed by atoms with Gasteiger partial charge < -0.3 is 26.6 Å². The number of nitrogens with zero attached hydrogens (tertiary/aromatic N) is 2. The average Bonchev–Trinajstić information content (AvgIpc) is 3.24. The van der Waals surface area contributed by atoms with Gasteiger partial charge in [-0.25, -0.2) is 0 Å². The zero-order chi connectivity index (χ0) is 25.5. The van der Waals surface area contributed by atoms with Gasteiger partial charge in [0.25, 0.3) is 11.8 Å². The molecule has 0 radical (unpaired) electrons. The largest absolute Gasteiger partial charge is 0.508 e. The zero-order valence-electron chi connectivity index (χ0n) is 19.4. The van der Waals surface area contributed by atoms with Crippen molar-refractivity contribution in [2.45, 2.75) is 19.4 Å². The third-order valence-electron chi connectivity index (χ3n) is 5.32. The van der Waals surface area contributed by atoms with E-state index >= 15 is 0 Å². The second kappa shape index (κ2) is 11.4. The first kappa shape index (κ1) is 25.7. The van der Waals surface area contributed by atoms with Crippen molar-refractivity contribution in [3.8, 4) is 5.75 Å². The van der Waals surface area contributed by atoms with Gasteiger partial charge in [0.2, 0.25) is 5.91 Å². The van der Waals surface area contributed by atoms with E-state index in [1.54, 1.807) is 24.3 Å². The molecule has 10 nitrogen and oxygen atoms in total. The van der Waals surface area contributed by atoms with Crippen molar-refractivity contribution in [2.75, 3.05) is 30.9 Å². The molecule has 3 aromatic rings. The highest BCUT2D eigenvalue weighted by atomic mass is 32.1. The summed E-state index contributed by atoms with van der Waals surface area (Å²) >= 11 is 0.733. The Kier molecular flexibility index (Phi) is 8.39. The van der Waals surface area contributed by atoms with Gasteiger partial charge in [0, 0.05) is 19.3 Å². The Hall–Kier alpha value is -3.96. The predicted molar refractivity (Wildman–Crippen MR) is 133 cm³/mol. The predicted octanol–water partition coefficient (Wildman–Crippen LogP) is 2.24. The number of aryl methyl sites for hydroxylation is 1. The Morgan fingerprint density at radius 1 is 1.14 bits per heavy atom. The molecule has 1 atom stereocenters. The molecule has 184 valence electrons. The maximum atomic E-state index is 13.9. The van der Waals surface area contributed by atoms with E-state index in [1.165, 1.54) is 24.1 Å². The maximum Gasteiger partial charge on any atom is 0.273 e. The molecule has 1 heterocycles. The maximum absolute atomic E-state index is 13.9. The normalized spacial score (nSPS) is 11.6. The molecule has 2 aromatic carbocycles. The fraction of sp³-hybridized carbons (Fsp3) is 0.250. The highest BCUT2D eigenvalue weighted by Crippen LogP contribution is 2.33. The molecule has 6 N–H and O–H groups in total. The minimum absolute atomic E-state index is 0.00951. The van der Waals surface area contributed by atoms with E-state index in [-0.39, 0.29) is 35.2 Å². The number of nitrogens with two attached hydrogens (primary N) is 2. The Morgan fingerprint density at radius 3 is 2.34 bits per heavy atom. The second-order valence-corrected chi connectivity index (χ2v) is 8.38. The van der Waals surface area contributed by atoms with Gasteiger partial charge >= 0.3 is 0 Å². The van der Waals surface area contributed by atoms with Gasteiger partial charge in [0.05, 0.1) is 12.3 Å². The molecule has 0 bridgehead atoms. The lowest BCUT2D eigenvalue weighted by Crippen LogP contribution is -2.44. The number of benzene rings is 2. The van der Waals surface area contributed by atoms with Crippen LogP contribution in [0, 0.1) is 0 Å². The van der Waals surface area contributed by atoms with E-state index in [2.05, 4.69) is 9.69 Å². The number of nitrogens with one attached hydrogen (secondary N) is 1. The summed E-state index contributed by atoms with van der Waals surface area (Å²) in [7, 11) is 1.51. The molecule has 0 aliphatic rings. The molecule has 3 amide bonds. The summed E-state index contributed by atoms with van der Waals surface area (Å²) < 4.78 is 8.96. The number of aromatic nitrogens is 1. The molecule has 1 aromatic heterocycles. The third kappa shape index (κ3) is 5.76. The highest BCUT2D eigenvalue weighted by Gasteiger charge is 2.36. The Morgan fingerprint density at radius 2 is 1.80 bits per heavy atom. The molecule has 0 saturated heterocycles. The molecule has 11 heteroatoms. The molecule has 0 saturated carbocycles. The van der Waals surface area contributed by atoms with Crippen LogP contribution in [0.1, 0.15) is 44.3 Å². The van der Waals surface area contributed by atoms with E-state index in [4.69, 9.17) is 16.2 Å². The van der Waals surface area contributed by atoms with E-state index < -0.39 is 23.8 Å². The van der Waals surface area contributed by atoms with Crippen LogP contribution < -0.4 is 21.7 Å². The van der Waals surface area contributed by atoms with Crippen molar-refractivity contribution in [1.82, 2.24) is 9.69 Å². The van der Waals surface area contributed by atoms with Crippen molar-refractivity contribution in [1.29, 1.82) is 0 Å². The summed E-state index contributed by atoms with van der Waals surface area (Å²) in [5.41, 5.74) is 12.9. The number of ether oxygens (including phenoxy) is 1. The monoisotopic (exact) mass is 497 g/mol. The summed E-state index contributed by atoms with van der Waals surface area (Å²) in [6.45, 7) is 2.50. The smallest absolute Gasteiger partial charge is 0.273 e. The number of phenolic OH excluding ortho intramolecular Hbond substituents is 1. The Balaban J connectivity index is 2.17. The van der Waals surface area contributed by atoms with Crippen molar-refractivity contribution in [3.63, 3.8) is 0 Å². The first-order valence-corrected chi connectivity index (χ1v) is 11.6. The number of methoxy groups -OCH3 is 1. The molecular formula is C24H27N5O5S. The van der Waals surface area contributed by atoms with Gasteiger partial charge in [-0.05, 0) is 53.3 Å². The Bertz CT molecular complexity index is 1190. The summed E-state index contributed by atoms with van der Waals surface area (Å²) in [6, 6.07) is 12.0. The van der Waals surface area contributed by atoms with Gasteiger partial charge in [0.1, 0.15) is 16.7 Å². The highest BCUT2D eigenvalue weighted by molar-refractivity contribution is 7.09. The van der Waals surface area contributed by atoms with Crippen LogP contribution >= 0.6 is 11.5 Å². The average molecular weight is 498 g/mol. The molecule has 0 aliphatic carbocycles. The molecule has 0 aliphatic heterocycles. The number of phenols is 1. The van der Waals surface area contributed by atoms with E-state index in [1.807, 2.05) is 19.1 Å². The molecule has 0 spiro atoms. The van der Waals surface area contributed by atoms with Crippen molar-refractivity contribution >= 4 is 40.6 Å². The molecule has 0 unspecified atom stereocenters. The fourth-order valence-electron chi connectivity index (χ4n) is 3.46. The summed E-state index contributed by atoms with van der Waals surface area (Å²) in [6.07, 6.45) is 0.789. The van der Waals surface area contributed by atoms with Crippen LogP contribution in [0.15, 0.2) is 48.5 Å². The van der Waals surface area contributed by atoms with Crippen molar-refractivity contribution < 1.29 is 24.2 Å². The zero-order valence-corrected chi connectivity index (χ0v) is 20.2. The summed E-state index contributed by atoms with van der Waals surface area (Å²) in [4.78, 5) is 40.3. The molecule has 35 heavy (non-hydrogen) atoms. The van der Waals surface area contributed by atoms with Crippen LogP contribution in [0.2, 0.25) is 0 Å². The number of anilines is 2. The molecule has 3 rings (SSSR count). The number of carbonyl (C=O) groups excluding carboxylic acids is 3. The standard InChI is InChI=1S/C24H27N5O5S/c1-3-14-4-8-16(9-5-14)29(24(33)21-18(25)19(22(26)31)28-35-21)20(23(32)27-12-13-34-2)15-6-10-17(30)11-7-15/h4-11,20,30H,3,12-13,25H2,1-2H3,(H2,26,31)(H,27,32)/t20-/m0/s1. The van der Waals surface area contributed by atoms with Gasteiger partial charge in [0.15, 0.2) is 5.69 Å². The van der Waals surface area contributed by atoms with Crippen LogP contribution in [-0.4, -0.2) is 47.5 Å². The third-order valence-corrected chi connectivity index (χ3v) is 6.17. The Labute approximate surface area is 206 Å². The van der Waals surface area contributed by atoms with Crippen LogP contribution in [0.5, 0.6) is 5.75 Å². The lowest BCUT2D eigenvalue weighted by Gasteiger charge is -2.31. The number of primary amides is 1. The lowest BCUT2D eigenvalue weighted by atomic mass is 10.0. The van der Waals surface area contributed by atoms with E-state index in [0.29, 0.717) is 11.3 Å². The van der Waals surface area contributed by atoms with Crippen LogP contribution in [-0.2, 0) is 16.0 Å². The lowest BCUT2D eigenvalue weighted by molar-refractivity contribution is -0.122. The molecule has 0 fully saturated rings. The number of hydrogen-bond donors (Lipinski definition) is 4. The van der Waals surface area contributed by atoms with Crippen LogP contribution in [0.25, 0.3) is 0 Å². The number of amides is 3. The number of hydrogen-bond acceptors (Lipinski definition) is 8. The summed E-state index contributed by atoms with van der Waals surface area (Å²) in [5.74, 6) is -1.95. The minimum Gasteiger partial charge on any atom is -0.508 e. The van der Waals surface area contributed by atoms with Crippen LogP contribution in [0.3, 0.4) is 0 Å². The van der Waals surface area contributed by atoms with Gasteiger partial charge in [-0.3, -0.25) is 19.3 Å². The quantitative estimate of drug-likeness (QED) is 0.312. The SMILES string of the molecule is CCc1ccc(N(C(=O)c2snc(C(N)=O)c2N)[C@H](C(=O)NCCOC)c2ccc(O)cc2)cc1. The van der Waals surface area contributed by atoms with E-state index in [0.717, 1.165) is 23.5 Å². The summed E-state index contributed by atoms with van der Waals surface area (Å²) in [5, 5.41) is 12.6. The van der Waals surface area contributed by atoms with Crippen molar-refractivity contribution in [3.05, 3.63) is 70.2 Å². The fourth-order valence-corrected chi connectivity index (χ4v) is 4.20. The number of carbonyl (C=O) groups is 3. The minimum atomic E-state index is -1.13. The number of nitrogen functional groups attached to an aromatic ring is 1. The van der Waals surface area contributed by atoms with Crippen molar-refractivity contribution in [2.24, 2.45) is 5.73 Å². The van der Waals surface area contributed by atoms with E-state index in [9.17, 15) is 19.5 Å². The van der Waals surface area contributed by atoms with Gasteiger partial charge in [-0.1, -0.05) is 31.2 Å². The first-order chi connectivity index (χ1) is 16.8. The number of rotatable bonds is 10. The van der Waals surface area contributed by atoms with Gasteiger partial charge in [-0.2, -0.15) is 4.37 Å². The number of aromatic hydroxyl groups is 1. The first-order valence-electron chi connectivity index (χ1n) is 10.8. The van der Waals surface area contributed by atoms with Crippen LogP contribution in [0.4, 0.5) is 11.4 Å². The second-order valence-electron chi connectivity index (χ2n) is 7.61.